The van der Waals surface area contributed by atoms with Crippen molar-refractivity contribution in [2.45, 2.75) is 18.9 Å². The molecule has 2 bridgehead atoms. The van der Waals surface area contributed by atoms with Crippen LogP contribution < -0.4 is 9.47 Å². The third-order valence-corrected chi connectivity index (χ3v) is 4.20. The van der Waals surface area contributed by atoms with Gasteiger partial charge in [-0.15, -0.1) is 0 Å². The number of piperidine rings is 3. The Morgan fingerprint density at radius 1 is 1.26 bits per heavy atom. The quantitative estimate of drug-likeness (QED) is 0.777. The van der Waals surface area contributed by atoms with E-state index >= 15 is 0 Å². The molecule has 3 fully saturated rings. The summed E-state index contributed by atoms with van der Waals surface area (Å²) < 4.78 is 11.4. The van der Waals surface area contributed by atoms with Gasteiger partial charge in [0.2, 0.25) is 0 Å². The monoisotopic (exact) mass is 261 g/mol. The van der Waals surface area contributed by atoms with Gasteiger partial charge in [0.1, 0.15) is 12.4 Å². The van der Waals surface area contributed by atoms with Gasteiger partial charge in [0.05, 0.1) is 7.11 Å². The average Bonchev–Trinajstić information content (AvgIpc) is 2.48. The van der Waals surface area contributed by atoms with Crippen LogP contribution >= 0.6 is 0 Å². The predicted molar refractivity (Wildman–Crippen MR) is 72.0 cm³/mol. The largest absolute Gasteiger partial charge is 0.493 e. The summed E-state index contributed by atoms with van der Waals surface area (Å²) >= 11 is 0. The molecule has 0 aliphatic carbocycles. The summed E-state index contributed by atoms with van der Waals surface area (Å²) in [7, 11) is 1.62. The Morgan fingerprint density at radius 2 is 2.05 bits per heavy atom. The van der Waals surface area contributed by atoms with Gasteiger partial charge in [-0.05, 0) is 50.0 Å². The molecule has 3 aliphatic rings. The molecule has 3 saturated heterocycles. The highest BCUT2D eigenvalue weighted by atomic mass is 16.5. The number of hydrogen-bond acceptors (Lipinski definition) is 4. The van der Waals surface area contributed by atoms with Crippen LogP contribution in [0.15, 0.2) is 18.2 Å². The van der Waals surface area contributed by atoms with Crippen molar-refractivity contribution >= 4 is 6.29 Å². The van der Waals surface area contributed by atoms with Crippen LogP contribution in [0.4, 0.5) is 0 Å². The Bertz CT molecular complexity index is 466. The van der Waals surface area contributed by atoms with E-state index in [-0.39, 0.29) is 6.10 Å². The highest BCUT2D eigenvalue weighted by Gasteiger charge is 2.35. The molecule has 3 aliphatic heterocycles. The normalized spacial score (nSPS) is 29.0. The van der Waals surface area contributed by atoms with Crippen molar-refractivity contribution in [2.24, 2.45) is 5.92 Å². The van der Waals surface area contributed by atoms with Gasteiger partial charge >= 0.3 is 0 Å². The van der Waals surface area contributed by atoms with E-state index in [0.29, 0.717) is 23.0 Å². The molecule has 102 valence electrons. The van der Waals surface area contributed by atoms with Crippen LogP contribution in [0.2, 0.25) is 0 Å². The fourth-order valence-electron chi connectivity index (χ4n) is 3.07. The zero-order chi connectivity index (χ0) is 13.2. The number of aldehydes is 1. The minimum Gasteiger partial charge on any atom is -0.493 e. The number of methoxy groups -OCH3 is 1. The molecule has 0 spiro atoms. The number of nitrogens with zero attached hydrogens (tertiary/aromatic N) is 1. The highest BCUT2D eigenvalue weighted by Crippen LogP contribution is 2.34. The molecule has 4 nitrogen and oxygen atoms in total. The Kier molecular flexibility index (Phi) is 3.42. The Labute approximate surface area is 113 Å². The molecular formula is C15H19NO3. The molecule has 4 rings (SSSR count). The van der Waals surface area contributed by atoms with Gasteiger partial charge in [-0.25, -0.2) is 0 Å². The topological polar surface area (TPSA) is 38.8 Å². The lowest BCUT2D eigenvalue weighted by atomic mass is 9.86. The van der Waals surface area contributed by atoms with Gasteiger partial charge in [-0.3, -0.25) is 9.69 Å². The summed E-state index contributed by atoms with van der Waals surface area (Å²) in [6.07, 6.45) is 3.47. The Balaban J connectivity index is 1.80. The van der Waals surface area contributed by atoms with Crippen molar-refractivity contribution in [3.63, 3.8) is 0 Å². The molecule has 4 heteroatoms. The average molecular weight is 261 g/mol. The molecule has 0 N–H and O–H groups in total. The van der Waals surface area contributed by atoms with Crippen LogP contribution in [0.1, 0.15) is 23.2 Å². The van der Waals surface area contributed by atoms with Gasteiger partial charge in [0.25, 0.3) is 0 Å². The van der Waals surface area contributed by atoms with Crippen molar-refractivity contribution in [1.29, 1.82) is 0 Å². The maximum absolute atomic E-state index is 10.9. The van der Waals surface area contributed by atoms with Crippen molar-refractivity contribution in [3.05, 3.63) is 23.8 Å². The van der Waals surface area contributed by atoms with Gasteiger partial charge < -0.3 is 9.47 Å². The van der Waals surface area contributed by atoms with E-state index in [0.717, 1.165) is 12.8 Å². The van der Waals surface area contributed by atoms with Crippen molar-refractivity contribution < 1.29 is 14.3 Å². The van der Waals surface area contributed by atoms with E-state index in [1.807, 2.05) is 0 Å². The number of carbonyl (C=O) groups excluding carboxylic acids is 1. The van der Waals surface area contributed by atoms with E-state index in [4.69, 9.17) is 9.47 Å². The summed E-state index contributed by atoms with van der Waals surface area (Å²) in [6, 6.07) is 5.30. The fraction of sp³-hybridized carbons (Fsp3) is 0.533. The summed E-state index contributed by atoms with van der Waals surface area (Å²) in [6.45, 7) is 3.37. The molecule has 1 aromatic rings. The zero-order valence-electron chi connectivity index (χ0n) is 11.2. The maximum atomic E-state index is 10.9. The second-order valence-electron chi connectivity index (χ2n) is 5.32. The first-order valence-corrected chi connectivity index (χ1v) is 6.82. The van der Waals surface area contributed by atoms with Crippen LogP contribution in [0.3, 0.4) is 0 Å². The highest BCUT2D eigenvalue weighted by molar-refractivity contribution is 5.76. The summed E-state index contributed by atoms with van der Waals surface area (Å²) in [4.78, 5) is 13.3. The smallest absolute Gasteiger partial charge is 0.162 e. The number of hydrogen-bond donors (Lipinski definition) is 0. The van der Waals surface area contributed by atoms with Crippen LogP contribution in [-0.2, 0) is 0 Å². The van der Waals surface area contributed by atoms with E-state index in [1.165, 1.54) is 25.9 Å². The number of benzene rings is 1. The lowest BCUT2D eigenvalue weighted by Crippen LogP contribution is -2.52. The van der Waals surface area contributed by atoms with Crippen molar-refractivity contribution in [1.82, 2.24) is 4.90 Å². The molecule has 0 radical (unpaired) electrons. The second kappa shape index (κ2) is 5.21. The van der Waals surface area contributed by atoms with Gasteiger partial charge in [0.15, 0.2) is 11.5 Å². The molecule has 0 saturated carbocycles. The first kappa shape index (κ1) is 12.5. The van der Waals surface area contributed by atoms with Crippen LogP contribution in [-0.4, -0.2) is 44.0 Å². The molecule has 3 heterocycles. The Hall–Kier alpha value is -1.55. The molecular weight excluding hydrogens is 242 g/mol. The summed E-state index contributed by atoms with van der Waals surface area (Å²) in [5.41, 5.74) is 0.622. The molecule has 0 amide bonds. The number of carbonyl (C=O) groups is 1. The van der Waals surface area contributed by atoms with E-state index < -0.39 is 0 Å². The van der Waals surface area contributed by atoms with Gasteiger partial charge in [0, 0.05) is 12.1 Å². The summed E-state index contributed by atoms with van der Waals surface area (Å²) in [5, 5.41) is 0. The van der Waals surface area contributed by atoms with Gasteiger partial charge in [-0.1, -0.05) is 0 Å². The van der Waals surface area contributed by atoms with Crippen LogP contribution in [0, 0.1) is 5.92 Å². The molecule has 1 aromatic carbocycles. The second-order valence-corrected chi connectivity index (χ2v) is 5.32. The Morgan fingerprint density at radius 3 is 2.63 bits per heavy atom. The first-order valence-electron chi connectivity index (χ1n) is 6.82. The predicted octanol–water partition coefficient (Wildman–Crippen LogP) is 1.98. The zero-order valence-corrected chi connectivity index (χ0v) is 11.2. The molecule has 1 atom stereocenters. The number of rotatable bonds is 4. The molecule has 19 heavy (non-hydrogen) atoms. The minimum absolute atomic E-state index is 0.221. The van der Waals surface area contributed by atoms with Crippen LogP contribution in [0.25, 0.3) is 0 Å². The summed E-state index contributed by atoms with van der Waals surface area (Å²) in [5.74, 6) is 2.02. The number of fused-ring (bicyclic) bond motifs is 3. The first-order chi connectivity index (χ1) is 9.30. The third kappa shape index (κ3) is 2.45. The van der Waals surface area contributed by atoms with Gasteiger partial charge in [-0.2, -0.15) is 0 Å². The lowest BCUT2D eigenvalue weighted by Gasteiger charge is -2.44. The molecule has 1 unspecified atom stereocenters. The van der Waals surface area contributed by atoms with E-state index in [1.54, 1.807) is 25.3 Å². The minimum atomic E-state index is 0.221. The number of ether oxygens (including phenoxy) is 2. The van der Waals surface area contributed by atoms with E-state index in [9.17, 15) is 4.79 Å². The van der Waals surface area contributed by atoms with Crippen molar-refractivity contribution in [2.75, 3.05) is 26.7 Å². The van der Waals surface area contributed by atoms with E-state index in [2.05, 4.69) is 4.90 Å². The van der Waals surface area contributed by atoms with Crippen molar-refractivity contribution in [3.8, 4) is 11.5 Å². The standard InChI is InChI=1S/C15H19NO3/c1-18-13-3-2-11(10-17)8-14(13)19-15-9-16-6-4-12(15)5-7-16/h2-3,8,10,12,15H,4-7,9H2,1H3. The SMILES string of the molecule is COc1ccc(C=O)cc1OC1CN2CCC1CC2. The maximum Gasteiger partial charge on any atom is 0.162 e. The lowest BCUT2D eigenvalue weighted by molar-refractivity contribution is -0.00885. The fourth-order valence-corrected chi connectivity index (χ4v) is 3.07. The molecule has 0 aromatic heterocycles. The third-order valence-electron chi connectivity index (χ3n) is 4.20. The van der Waals surface area contributed by atoms with Crippen LogP contribution in [0.5, 0.6) is 11.5 Å².